The Labute approximate surface area is 143 Å². The molecule has 7 heteroatoms. The molecule has 1 aliphatic heterocycles. The first-order chi connectivity index (χ1) is 11.7. The minimum atomic E-state index is -0.261. The Morgan fingerprint density at radius 3 is 3.12 bits per heavy atom. The van der Waals surface area contributed by atoms with E-state index < -0.39 is 0 Å². The van der Waals surface area contributed by atoms with Crippen molar-refractivity contribution in [3.8, 4) is 0 Å². The van der Waals surface area contributed by atoms with E-state index in [-0.39, 0.29) is 17.0 Å². The first kappa shape index (κ1) is 15.1. The number of hydrogen-bond donors (Lipinski definition) is 1. The van der Waals surface area contributed by atoms with Gasteiger partial charge in [0.2, 0.25) is 5.82 Å². The molecule has 122 valence electrons. The Morgan fingerprint density at radius 1 is 1.38 bits per heavy atom. The monoisotopic (exact) mass is 339 g/mol. The second-order valence-corrected chi connectivity index (χ2v) is 7.06. The van der Waals surface area contributed by atoms with Crippen LogP contribution in [0.25, 0.3) is 5.78 Å². The van der Waals surface area contributed by atoms with E-state index in [1.165, 1.54) is 11.1 Å². The molecule has 0 unspecified atom stereocenters. The summed E-state index contributed by atoms with van der Waals surface area (Å²) < 4.78 is 1.58. The number of hydrogen-bond acceptors (Lipinski definition) is 5. The van der Waals surface area contributed by atoms with E-state index in [9.17, 15) is 4.79 Å². The minimum Gasteiger partial charge on any atom is -0.348 e. The van der Waals surface area contributed by atoms with E-state index in [0.717, 1.165) is 17.9 Å². The van der Waals surface area contributed by atoms with Gasteiger partial charge in [-0.05, 0) is 36.3 Å². The minimum absolute atomic E-state index is 0.158. The van der Waals surface area contributed by atoms with Crippen LogP contribution in [0.15, 0.2) is 36.5 Å². The van der Waals surface area contributed by atoms with Gasteiger partial charge in [0.1, 0.15) is 0 Å². The van der Waals surface area contributed by atoms with Gasteiger partial charge in [-0.2, -0.15) is 16.7 Å². The molecule has 1 amide bonds. The van der Waals surface area contributed by atoms with E-state index in [2.05, 4.69) is 44.6 Å². The van der Waals surface area contributed by atoms with Crippen molar-refractivity contribution in [1.82, 2.24) is 24.9 Å². The predicted octanol–water partition coefficient (Wildman–Crippen LogP) is 2.19. The van der Waals surface area contributed by atoms with Crippen molar-refractivity contribution in [3.05, 3.63) is 59.2 Å². The van der Waals surface area contributed by atoms with Crippen molar-refractivity contribution < 1.29 is 4.79 Å². The summed E-state index contributed by atoms with van der Waals surface area (Å²) in [5.74, 6) is 1.42. The molecule has 1 aromatic carbocycles. The smallest absolute Gasteiger partial charge is 0.291 e. The summed E-state index contributed by atoms with van der Waals surface area (Å²) in [4.78, 5) is 20.7. The Balaban J connectivity index is 1.50. The number of nitrogens with zero attached hydrogens (tertiary/aromatic N) is 4. The summed E-state index contributed by atoms with van der Waals surface area (Å²) in [5, 5.41) is 7.48. The molecular formula is C17H17N5OS. The summed E-state index contributed by atoms with van der Waals surface area (Å²) >= 11 is 1.88. The van der Waals surface area contributed by atoms with E-state index >= 15 is 0 Å². The second kappa shape index (κ2) is 6.24. The van der Waals surface area contributed by atoms with Crippen LogP contribution in [0, 0.1) is 6.92 Å². The van der Waals surface area contributed by atoms with Crippen LogP contribution in [-0.4, -0.2) is 37.8 Å². The molecule has 0 radical (unpaired) electrons. The van der Waals surface area contributed by atoms with Crippen molar-refractivity contribution in [2.24, 2.45) is 0 Å². The third kappa shape index (κ3) is 2.75. The number of benzene rings is 1. The van der Waals surface area contributed by atoms with Gasteiger partial charge in [0, 0.05) is 23.7 Å². The Bertz CT molecular complexity index is 907. The quantitative estimate of drug-likeness (QED) is 0.792. The largest absolute Gasteiger partial charge is 0.348 e. The lowest BCUT2D eigenvalue weighted by atomic mass is 10.0. The number of rotatable bonds is 3. The number of carbonyl (C=O) groups excluding carboxylic acids is 1. The van der Waals surface area contributed by atoms with E-state index in [1.54, 1.807) is 10.7 Å². The third-order valence-corrected chi connectivity index (χ3v) is 5.44. The maximum atomic E-state index is 12.4. The molecule has 4 rings (SSSR count). The van der Waals surface area contributed by atoms with E-state index in [4.69, 9.17) is 0 Å². The fraction of sp³-hybridized carbons (Fsp3) is 0.294. The van der Waals surface area contributed by atoms with Gasteiger partial charge in [-0.15, -0.1) is 5.10 Å². The third-order valence-electron chi connectivity index (χ3n) is 4.17. The SMILES string of the molecule is Cc1ccnc2nc(C(=O)NC[C@H]3SCCc4ccccc43)nn12. The van der Waals surface area contributed by atoms with Crippen LogP contribution in [0.1, 0.15) is 32.7 Å². The molecule has 1 atom stereocenters. The summed E-state index contributed by atoms with van der Waals surface area (Å²) in [6, 6.07) is 10.3. The fourth-order valence-corrected chi connectivity index (χ4v) is 4.15. The lowest BCUT2D eigenvalue weighted by Gasteiger charge is -2.25. The van der Waals surface area contributed by atoms with E-state index in [0.29, 0.717) is 12.3 Å². The number of nitrogens with one attached hydrogen (secondary N) is 1. The Morgan fingerprint density at radius 2 is 2.25 bits per heavy atom. The molecule has 3 heterocycles. The van der Waals surface area contributed by atoms with Crippen molar-refractivity contribution in [2.75, 3.05) is 12.3 Å². The summed E-state index contributed by atoms with van der Waals surface area (Å²) in [7, 11) is 0. The molecule has 0 bridgehead atoms. The average Bonchev–Trinajstić information content (AvgIpc) is 3.05. The summed E-state index contributed by atoms with van der Waals surface area (Å²) in [5.41, 5.74) is 3.58. The van der Waals surface area contributed by atoms with Gasteiger partial charge in [0.05, 0.1) is 0 Å². The highest BCUT2D eigenvalue weighted by Crippen LogP contribution is 2.35. The molecule has 0 saturated carbocycles. The molecule has 6 nitrogen and oxygen atoms in total. The molecule has 0 aliphatic carbocycles. The number of amides is 1. The molecule has 3 aromatic rings. The van der Waals surface area contributed by atoms with Crippen LogP contribution in [0.4, 0.5) is 0 Å². The van der Waals surface area contributed by atoms with Crippen molar-refractivity contribution in [1.29, 1.82) is 0 Å². The predicted molar refractivity (Wildman–Crippen MR) is 93.2 cm³/mol. The van der Waals surface area contributed by atoms with Gasteiger partial charge in [-0.25, -0.2) is 9.50 Å². The molecular weight excluding hydrogens is 322 g/mol. The first-order valence-corrected chi connectivity index (χ1v) is 8.93. The van der Waals surface area contributed by atoms with Crippen LogP contribution < -0.4 is 5.32 Å². The second-order valence-electron chi connectivity index (χ2n) is 5.75. The van der Waals surface area contributed by atoms with Crippen LogP contribution in [0.2, 0.25) is 0 Å². The highest BCUT2D eigenvalue weighted by atomic mass is 32.2. The number of aromatic nitrogens is 4. The Kier molecular flexibility index (Phi) is 3.93. The zero-order chi connectivity index (χ0) is 16.5. The van der Waals surface area contributed by atoms with Gasteiger partial charge in [-0.1, -0.05) is 24.3 Å². The van der Waals surface area contributed by atoms with Gasteiger partial charge in [0.25, 0.3) is 11.7 Å². The number of aryl methyl sites for hydroxylation is 2. The average molecular weight is 339 g/mol. The highest BCUT2D eigenvalue weighted by Gasteiger charge is 2.22. The molecule has 0 saturated heterocycles. The van der Waals surface area contributed by atoms with Gasteiger partial charge >= 0.3 is 0 Å². The molecule has 1 aliphatic rings. The van der Waals surface area contributed by atoms with Crippen LogP contribution in [-0.2, 0) is 6.42 Å². The topological polar surface area (TPSA) is 72.2 Å². The number of fused-ring (bicyclic) bond motifs is 2. The zero-order valence-corrected chi connectivity index (χ0v) is 14.1. The van der Waals surface area contributed by atoms with Gasteiger partial charge in [0.15, 0.2) is 0 Å². The molecule has 1 N–H and O–H groups in total. The molecule has 2 aromatic heterocycles. The molecule has 0 fully saturated rings. The number of carbonyl (C=O) groups is 1. The zero-order valence-electron chi connectivity index (χ0n) is 13.3. The van der Waals surface area contributed by atoms with Crippen LogP contribution in [0.3, 0.4) is 0 Å². The van der Waals surface area contributed by atoms with Crippen molar-refractivity contribution >= 4 is 23.4 Å². The normalized spacial score (nSPS) is 16.8. The maximum absolute atomic E-state index is 12.4. The highest BCUT2D eigenvalue weighted by molar-refractivity contribution is 7.99. The van der Waals surface area contributed by atoms with Gasteiger partial charge < -0.3 is 5.32 Å². The van der Waals surface area contributed by atoms with Crippen molar-refractivity contribution in [2.45, 2.75) is 18.6 Å². The number of thioether (sulfide) groups is 1. The maximum Gasteiger partial charge on any atom is 0.291 e. The lowest BCUT2D eigenvalue weighted by Crippen LogP contribution is -2.29. The first-order valence-electron chi connectivity index (χ1n) is 7.88. The summed E-state index contributed by atoms with van der Waals surface area (Å²) in [6.07, 6.45) is 2.75. The lowest BCUT2D eigenvalue weighted by molar-refractivity contribution is 0.0943. The fourth-order valence-electron chi connectivity index (χ4n) is 2.91. The molecule has 24 heavy (non-hydrogen) atoms. The van der Waals surface area contributed by atoms with Crippen LogP contribution in [0.5, 0.6) is 0 Å². The standard InChI is InChI=1S/C17H17N5OS/c1-11-6-8-18-17-20-15(21-22(11)17)16(23)19-10-14-13-5-3-2-4-12(13)7-9-24-14/h2-6,8,14H,7,9-10H2,1H3,(H,19,23)/t14-/m1/s1. The molecule has 0 spiro atoms. The Hall–Kier alpha value is -2.41. The van der Waals surface area contributed by atoms with Crippen molar-refractivity contribution in [3.63, 3.8) is 0 Å². The summed E-state index contributed by atoms with van der Waals surface area (Å²) in [6.45, 7) is 2.48. The van der Waals surface area contributed by atoms with E-state index in [1.807, 2.05) is 24.8 Å². The van der Waals surface area contributed by atoms with Gasteiger partial charge in [-0.3, -0.25) is 4.79 Å². The van der Waals surface area contributed by atoms with Crippen LogP contribution >= 0.6 is 11.8 Å².